The van der Waals surface area contributed by atoms with Crippen molar-refractivity contribution in [2.45, 2.75) is 30.7 Å². The van der Waals surface area contributed by atoms with Crippen molar-refractivity contribution in [2.24, 2.45) is 5.73 Å². The maximum Gasteiger partial charge on any atom is 0.248 e. The van der Waals surface area contributed by atoms with Crippen LogP contribution in [-0.4, -0.2) is 27.5 Å². The van der Waals surface area contributed by atoms with Crippen molar-refractivity contribution >= 4 is 50.8 Å². The number of rotatable bonds is 5. The predicted octanol–water partition coefficient (Wildman–Crippen LogP) is 3.40. The van der Waals surface area contributed by atoms with Crippen LogP contribution in [0.5, 0.6) is 0 Å². The van der Waals surface area contributed by atoms with Gasteiger partial charge in [-0.2, -0.15) is 0 Å². The third-order valence-corrected chi connectivity index (χ3v) is 6.70. The van der Waals surface area contributed by atoms with Gasteiger partial charge in [0.2, 0.25) is 11.8 Å². The number of amides is 2. The molecule has 0 saturated carbocycles. The normalized spacial score (nSPS) is 13.3. The summed E-state index contributed by atoms with van der Waals surface area (Å²) in [7, 11) is 0. The molecule has 0 bridgehead atoms. The van der Waals surface area contributed by atoms with Gasteiger partial charge in [-0.15, -0.1) is 11.3 Å². The molecule has 2 aromatic heterocycles. The zero-order chi connectivity index (χ0) is 18.8. The van der Waals surface area contributed by atoms with Crippen molar-refractivity contribution in [3.05, 3.63) is 46.6 Å². The molecule has 3 aromatic rings. The standard InChI is InChI=1S/C19H18N4O2S2/c20-17(25)11-5-7-12(8-6-11)23-15(24)9-26-18-16-13-3-1-2-4-14(13)27-19(16)22-10-21-18/h5-8,10H,1-4,9H2,(H2,20,25)(H,23,24). The van der Waals surface area contributed by atoms with Gasteiger partial charge in [-0.1, -0.05) is 11.8 Å². The van der Waals surface area contributed by atoms with Crippen LogP contribution in [0.3, 0.4) is 0 Å². The number of primary amides is 1. The Hall–Kier alpha value is -2.45. The van der Waals surface area contributed by atoms with Crippen molar-refractivity contribution in [2.75, 3.05) is 11.1 Å². The van der Waals surface area contributed by atoms with Crippen LogP contribution in [0.25, 0.3) is 10.2 Å². The molecule has 0 fully saturated rings. The highest BCUT2D eigenvalue weighted by Gasteiger charge is 2.20. The highest BCUT2D eigenvalue weighted by Crippen LogP contribution is 2.39. The van der Waals surface area contributed by atoms with E-state index in [2.05, 4.69) is 15.3 Å². The summed E-state index contributed by atoms with van der Waals surface area (Å²) in [5.41, 5.74) is 7.63. The van der Waals surface area contributed by atoms with E-state index in [4.69, 9.17) is 5.73 Å². The van der Waals surface area contributed by atoms with E-state index in [-0.39, 0.29) is 11.7 Å². The van der Waals surface area contributed by atoms with Crippen LogP contribution in [-0.2, 0) is 17.6 Å². The quantitative estimate of drug-likeness (QED) is 0.507. The molecule has 6 nitrogen and oxygen atoms in total. The molecule has 3 N–H and O–H groups in total. The molecule has 8 heteroatoms. The maximum absolute atomic E-state index is 12.3. The summed E-state index contributed by atoms with van der Waals surface area (Å²) in [6, 6.07) is 6.52. The number of aryl methyl sites for hydroxylation is 2. The lowest BCUT2D eigenvalue weighted by molar-refractivity contribution is -0.113. The first-order chi connectivity index (χ1) is 13.1. The van der Waals surface area contributed by atoms with Crippen LogP contribution < -0.4 is 11.1 Å². The maximum atomic E-state index is 12.3. The third-order valence-electron chi connectivity index (χ3n) is 4.51. The fraction of sp³-hybridized carbons (Fsp3) is 0.263. The molecule has 1 aliphatic rings. The lowest BCUT2D eigenvalue weighted by Gasteiger charge is -2.11. The van der Waals surface area contributed by atoms with Crippen molar-refractivity contribution in [1.82, 2.24) is 9.97 Å². The largest absolute Gasteiger partial charge is 0.366 e. The summed E-state index contributed by atoms with van der Waals surface area (Å²) >= 11 is 3.18. The fourth-order valence-corrected chi connectivity index (χ4v) is 5.34. The van der Waals surface area contributed by atoms with Gasteiger partial charge in [0.05, 0.1) is 5.75 Å². The number of hydrogen-bond donors (Lipinski definition) is 2. The Morgan fingerprint density at radius 1 is 1.15 bits per heavy atom. The Morgan fingerprint density at radius 3 is 2.70 bits per heavy atom. The predicted molar refractivity (Wildman–Crippen MR) is 108 cm³/mol. The minimum atomic E-state index is -0.490. The molecular formula is C19H18N4O2S2. The molecule has 1 aliphatic carbocycles. The van der Waals surface area contributed by atoms with Gasteiger partial charge >= 0.3 is 0 Å². The number of hydrogen-bond acceptors (Lipinski definition) is 6. The van der Waals surface area contributed by atoms with Crippen LogP contribution >= 0.6 is 23.1 Å². The van der Waals surface area contributed by atoms with E-state index in [1.807, 2.05) is 0 Å². The number of thioether (sulfide) groups is 1. The van der Waals surface area contributed by atoms with Gasteiger partial charge < -0.3 is 11.1 Å². The first-order valence-electron chi connectivity index (χ1n) is 8.69. The number of anilines is 1. The number of nitrogens with one attached hydrogen (secondary N) is 1. The molecule has 0 atom stereocenters. The number of aromatic nitrogens is 2. The zero-order valence-electron chi connectivity index (χ0n) is 14.5. The van der Waals surface area contributed by atoms with Crippen LogP contribution in [0.1, 0.15) is 33.6 Å². The first-order valence-corrected chi connectivity index (χ1v) is 10.5. The van der Waals surface area contributed by atoms with Crippen LogP contribution in [0.4, 0.5) is 5.69 Å². The van der Waals surface area contributed by atoms with Crippen LogP contribution in [0.2, 0.25) is 0 Å². The highest BCUT2D eigenvalue weighted by molar-refractivity contribution is 8.00. The summed E-state index contributed by atoms with van der Waals surface area (Å²) in [5, 5.41) is 4.83. The number of benzene rings is 1. The van der Waals surface area contributed by atoms with E-state index in [0.717, 1.165) is 28.1 Å². The van der Waals surface area contributed by atoms with Crippen molar-refractivity contribution < 1.29 is 9.59 Å². The summed E-state index contributed by atoms with van der Waals surface area (Å²) in [5.74, 6) is -0.355. The Balaban J connectivity index is 1.46. The molecule has 138 valence electrons. The van der Waals surface area contributed by atoms with Gasteiger partial charge in [0.25, 0.3) is 0 Å². The van der Waals surface area contributed by atoms with Gasteiger partial charge in [-0.25, -0.2) is 9.97 Å². The Kier molecular flexibility index (Phi) is 5.09. The number of carbonyl (C=O) groups is 2. The second kappa shape index (κ2) is 7.66. The lowest BCUT2D eigenvalue weighted by atomic mass is 9.97. The summed E-state index contributed by atoms with van der Waals surface area (Å²) in [6.45, 7) is 0. The van der Waals surface area contributed by atoms with E-state index < -0.39 is 5.91 Å². The summed E-state index contributed by atoms with van der Waals surface area (Å²) in [4.78, 5) is 34.7. The fourth-order valence-electron chi connectivity index (χ4n) is 3.22. The molecular weight excluding hydrogens is 380 g/mol. The average Bonchev–Trinajstić information content (AvgIpc) is 3.06. The smallest absolute Gasteiger partial charge is 0.248 e. The number of nitrogens with zero attached hydrogens (tertiary/aromatic N) is 2. The highest BCUT2D eigenvalue weighted by atomic mass is 32.2. The Morgan fingerprint density at radius 2 is 1.93 bits per heavy atom. The minimum Gasteiger partial charge on any atom is -0.366 e. The molecule has 0 saturated heterocycles. The van der Waals surface area contributed by atoms with Gasteiger partial charge in [0.1, 0.15) is 16.2 Å². The van der Waals surface area contributed by atoms with Crippen LogP contribution in [0.15, 0.2) is 35.6 Å². The molecule has 0 radical (unpaired) electrons. The van der Waals surface area contributed by atoms with Gasteiger partial charge in [0.15, 0.2) is 0 Å². The number of thiophene rings is 1. The van der Waals surface area contributed by atoms with Crippen LogP contribution in [0, 0.1) is 0 Å². The van der Waals surface area contributed by atoms with E-state index in [0.29, 0.717) is 11.3 Å². The van der Waals surface area contributed by atoms with E-state index in [1.165, 1.54) is 35.0 Å². The SMILES string of the molecule is NC(=O)c1ccc(NC(=O)CSc2ncnc3sc4c(c23)CCCC4)cc1. The minimum absolute atomic E-state index is 0.123. The first kappa shape index (κ1) is 17.9. The zero-order valence-corrected chi connectivity index (χ0v) is 16.2. The van der Waals surface area contributed by atoms with Crippen molar-refractivity contribution in [3.8, 4) is 0 Å². The topological polar surface area (TPSA) is 98.0 Å². The number of carbonyl (C=O) groups excluding carboxylic acids is 2. The lowest BCUT2D eigenvalue weighted by Crippen LogP contribution is -2.15. The number of nitrogens with two attached hydrogens (primary N) is 1. The second-order valence-electron chi connectivity index (χ2n) is 6.35. The Bertz CT molecular complexity index is 1010. The van der Waals surface area contributed by atoms with Gasteiger partial charge in [-0.05, 0) is 55.5 Å². The van der Waals surface area contributed by atoms with Gasteiger partial charge in [-0.3, -0.25) is 9.59 Å². The third kappa shape index (κ3) is 3.81. The van der Waals surface area contributed by atoms with E-state index in [1.54, 1.807) is 41.9 Å². The molecule has 27 heavy (non-hydrogen) atoms. The van der Waals surface area contributed by atoms with Gasteiger partial charge in [0, 0.05) is 21.5 Å². The monoisotopic (exact) mass is 398 g/mol. The summed E-state index contributed by atoms with van der Waals surface area (Å²) < 4.78 is 0. The molecule has 4 rings (SSSR count). The second-order valence-corrected chi connectivity index (χ2v) is 8.40. The molecule has 1 aromatic carbocycles. The Labute approximate surface area is 164 Å². The van der Waals surface area contributed by atoms with E-state index >= 15 is 0 Å². The number of fused-ring (bicyclic) bond motifs is 3. The molecule has 0 aliphatic heterocycles. The van der Waals surface area contributed by atoms with E-state index in [9.17, 15) is 9.59 Å². The van der Waals surface area contributed by atoms with Crippen molar-refractivity contribution in [3.63, 3.8) is 0 Å². The molecule has 2 amide bonds. The summed E-state index contributed by atoms with van der Waals surface area (Å²) in [6.07, 6.45) is 6.18. The molecule has 2 heterocycles. The molecule has 0 spiro atoms. The molecule has 0 unspecified atom stereocenters. The van der Waals surface area contributed by atoms with Crippen molar-refractivity contribution in [1.29, 1.82) is 0 Å². The average molecular weight is 399 g/mol.